The molecule has 1 amide bonds. The second-order valence-electron chi connectivity index (χ2n) is 4.66. The van der Waals surface area contributed by atoms with Gasteiger partial charge < -0.3 is 5.32 Å². The summed E-state index contributed by atoms with van der Waals surface area (Å²) >= 11 is 1.52. The molecule has 0 saturated heterocycles. The van der Waals surface area contributed by atoms with Crippen molar-refractivity contribution in [2.24, 2.45) is 0 Å². The average molecular weight is 312 g/mol. The molecule has 0 bridgehead atoms. The van der Waals surface area contributed by atoms with E-state index in [0.717, 1.165) is 15.2 Å². The number of aromatic nitrogens is 1. The van der Waals surface area contributed by atoms with Crippen molar-refractivity contribution in [3.05, 3.63) is 71.0 Å². The van der Waals surface area contributed by atoms with E-state index < -0.39 is 0 Å². The molecule has 0 aliphatic rings. The van der Waals surface area contributed by atoms with E-state index in [1.165, 1.54) is 23.5 Å². The standard InChI is InChI=1S/C17H13FN2OS/c18-13-6-2-1-5-12(13)11-19-16(21)9-10-17-20-14-7-3-4-8-15(14)22-17/h1-10H,11H2,(H,19,21)/b10-9+. The van der Waals surface area contributed by atoms with E-state index in [4.69, 9.17) is 0 Å². The molecule has 22 heavy (non-hydrogen) atoms. The highest BCUT2D eigenvalue weighted by molar-refractivity contribution is 7.19. The molecule has 0 spiro atoms. The van der Waals surface area contributed by atoms with E-state index in [0.29, 0.717) is 5.56 Å². The highest BCUT2D eigenvalue weighted by atomic mass is 32.1. The van der Waals surface area contributed by atoms with Crippen LogP contribution in [0.15, 0.2) is 54.6 Å². The third-order valence-electron chi connectivity index (χ3n) is 3.10. The summed E-state index contributed by atoms with van der Waals surface area (Å²) in [5.74, 6) is -0.597. The molecule has 2 aromatic carbocycles. The summed E-state index contributed by atoms with van der Waals surface area (Å²) in [6.45, 7) is 0.162. The SMILES string of the molecule is O=C(/C=C/c1nc2ccccc2s1)NCc1ccccc1F. The molecule has 110 valence electrons. The Morgan fingerprint density at radius 3 is 2.77 bits per heavy atom. The lowest BCUT2D eigenvalue weighted by atomic mass is 10.2. The number of rotatable bonds is 4. The second kappa shape index (κ2) is 6.49. The Kier molecular flexibility index (Phi) is 4.25. The molecular formula is C17H13FN2OS. The van der Waals surface area contributed by atoms with Gasteiger partial charge in [-0.15, -0.1) is 11.3 Å². The Morgan fingerprint density at radius 2 is 1.95 bits per heavy atom. The van der Waals surface area contributed by atoms with Gasteiger partial charge in [0.1, 0.15) is 10.8 Å². The largest absolute Gasteiger partial charge is 0.348 e. The number of carbonyl (C=O) groups excluding carboxylic acids is 1. The first-order valence-corrected chi connectivity index (χ1v) is 7.59. The highest BCUT2D eigenvalue weighted by Gasteiger charge is 2.03. The summed E-state index contributed by atoms with van der Waals surface area (Å²) in [6.07, 6.45) is 3.08. The van der Waals surface area contributed by atoms with Gasteiger partial charge in [-0.3, -0.25) is 4.79 Å². The van der Waals surface area contributed by atoms with Gasteiger partial charge in [0, 0.05) is 18.2 Å². The zero-order valence-electron chi connectivity index (χ0n) is 11.6. The maximum absolute atomic E-state index is 13.4. The Hall–Kier alpha value is -2.53. The van der Waals surface area contributed by atoms with Crippen molar-refractivity contribution in [1.82, 2.24) is 10.3 Å². The van der Waals surface area contributed by atoms with E-state index in [1.807, 2.05) is 24.3 Å². The number of para-hydroxylation sites is 1. The lowest BCUT2D eigenvalue weighted by Crippen LogP contribution is -2.20. The number of hydrogen-bond acceptors (Lipinski definition) is 3. The summed E-state index contributed by atoms with van der Waals surface area (Å²) in [6, 6.07) is 14.2. The zero-order chi connectivity index (χ0) is 15.4. The number of nitrogens with zero attached hydrogens (tertiary/aromatic N) is 1. The monoisotopic (exact) mass is 312 g/mol. The Morgan fingerprint density at radius 1 is 1.18 bits per heavy atom. The molecule has 3 nitrogen and oxygen atoms in total. The highest BCUT2D eigenvalue weighted by Crippen LogP contribution is 2.22. The summed E-state index contributed by atoms with van der Waals surface area (Å²) in [4.78, 5) is 16.2. The number of amides is 1. The van der Waals surface area contributed by atoms with Crippen molar-refractivity contribution >= 4 is 33.5 Å². The van der Waals surface area contributed by atoms with Crippen molar-refractivity contribution in [3.8, 4) is 0 Å². The van der Waals surface area contributed by atoms with Crippen molar-refractivity contribution in [2.75, 3.05) is 0 Å². The number of fused-ring (bicyclic) bond motifs is 1. The van der Waals surface area contributed by atoms with E-state index in [2.05, 4.69) is 10.3 Å². The molecule has 1 N–H and O–H groups in total. The predicted molar refractivity (Wildman–Crippen MR) is 86.9 cm³/mol. The fourth-order valence-corrected chi connectivity index (χ4v) is 2.86. The second-order valence-corrected chi connectivity index (χ2v) is 5.72. The van der Waals surface area contributed by atoms with Gasteiger partial charge in [0.15, 0.2) is 0 Å². The van der Waals surface area contributed by atoms with Gasteiger partial charge in [-0.05, 0) is 24.3 Å². The van der Waals surface area contributed by atoms with Crippen LogP contribution in [0.1, 0.15) is 10.6 Å². The van der Waals surface area contributed by atoms with Crippen LogP contribution >= 0.6 is 11.3 Å². The van der Waals surface area contributed by atoms with Gasteiger partial charge in [0.05, 0.1) is 10.2 Å². The van der Waals surface area contributed by atoms with Crippen molar-refractivity contribution < 1.29 is 9.18 Å². The van der Waals surface area contributed by atoms with E-state index in [-0.39, 0.29) is 18.3 Å². The minimum absolute atomic E-state index is 0.162. The van der Waals surface area contributed by atoms with Crippen LogP contribution in [0.4, 0.5) is 4.39 Å². The number of hydrogen-bond donors (Lipinski definition) is 1. The molecule has 0 radical (unpaired) electrons. The third-order valence-corrected chi connectivity index (χ3v) is 4.10. The molecule has 0 fully saturated rings. The van der Waals surface area contributed by atoms with Crippen molar-refractivity contribution in [3.63, 3.8) is 0 Å². The molecular weight excluding hydrogens is 299 g/mol. The predicted octanol–water partition coefficient (Wildman–Crippen LogP) is 3.77. The summed E-state index contributed by atoms with van der Waals surface area (Å²) < 4.78 is 14.5. The van der Waals surface area contributed by atoms with E-state index in [9.17, 15) is 9.18 Å². The summed E-state index contributed by atoms with van der Waals surface area (Å²) in [7, 11) is 0. The van der Waals surface area contributed by atoms with Gasteiger partial charge in [-0.2, -0.15) is 0 Å². The van der Waals surface area contributed by atoms with E-state index in [1.54, 1.807) is 24.3 Å². The third kappa shape index (κ3) is 3.38. The molecule has 0 saturated carbocycles. The molecule has 0 aliphatic heterocycles. The summed E-state index contributed by atoms with van der Waals surface area (Å²) in [5, 5.41) is 3.42. The molecule has 3 aromatic rings. The maximum atomic E-state index is 13.4. The van der Waals surface area contributed by atoms with Gasteiger partial charge in [-0.1, -0.05) is 30.3 Å². The Bertz CT molecular complexity index is 808. The van der Waals surface area contributed by atoms with E-state index >= 15 is 0 Å². The number of benzene rings is 2. The molecule has 3 rings (SSSR count). The molecule has 0 unspecified atom stereocenters. The topological polar surface area (TPSA) is 42.0 Å². The quantitative estimate of drug-likeness (QED) is 0.745. The van der Waals surface area contributed by atoms with Crippen molar-refractivity contribution in [1.29, 1.82) is 0 Å². The molecule has 5 heteroatoms. The van der Waals surface area contributed by atoms with Gasteiger partial charge in [0.2, 0.25) is 5.91 Å². The molecule has 1 heterocycles. The van der Waals surface area contributed by atoms with Crippen LogP contribution in [0.5, 0.6) is 0 Å². The lowest BCUT2D eigenvalue weighted by molar-refractivity contribution is -0.116. The average Bonchev–Trinajstić information content (AvgIpc) is 2.95. The van der Waals surface area contributed by atoms with Crippen LogP contribution in [0.3, 0.4) is 0 Å². The first-order chi connectivity index (χ1) is 10.7. The number of nitrogens with one attached hydrogen (secondary N) is 1. The fraction of sp³-hybridized carbons (Fsp3) is 0.0588. The molecule has 0 aliphatic carbocycles. The first kappa shape index (κ1) is 14.4. The number of halogens is 1. The zero-order valence-corrected chi connectivity index (χ0v) is 12.4. The van der Waals surface area contributed by atoms with Crippen LogP contribution in [-0.2, 0) is 11.3 Å². The van der Waals surface area contributed by atoms with Crippen LogP contribution in [0.25, 0.3) is 16.3 Å². The first-order valence-electron chi connectivity index (χ1n) is 6.77. The Balaban J connectivity index is 1.62. The van der Waals surface area contributed by atoms with Crippen LogP contribution in [0.2, 0.25) is 0 Å². The smallest absolute Gasteiger partial charge is 0.244 e. The number of carbonyl (C=O) groups is 1. The summed E-state index contributed by atoms with van der Waals surface area (Å²) in [5.41, 5.74) is 1.38. The lowest BCUT2D eigenvalue weighted by Gasteiger charge is -2.03. The van der Waals surface area contributed by atoms with Gasteiger partial charge in [-0.25, -0.2) is 9.37 Å². The van der Waals surface area contributed by atoms with Crippen LogP contribution in [-0.4, -0.2) is 10.9 Å². The molecule has 1 aromatic heterocycles. The van der Waals surface area contributed by atoms with Crippen molar-refractivity contribution in [2.45, 2.75) is 6.54 Å². The maximum Gasteiger partial charge on any atom is 0.244 e. The van der Waals surface area contributed by atoms with Crippen LogP contribution in [0, 0.1) is 5.82 Å². The van der Waals surface area contributed by atoms with Crippen LogP contribution < -0.4 is 5.32 Å². The minimum Gasteiger partial charge on any atom is -0.348 e. The number of thiazole rings is 1. The normalized spacial score (nSPS) is 11.1. The Labute approximate surface area is 131 Å². The fourth-order valence-electron chi connectivity index (χ4n) is 1.99. The van der Waals surface area contributed by atoms with Gasteiger partial charge in [0.25, 0.3) is 0 Å². The van der Waals surface area contributed by atoms with Gasteiger partial charge >= 0.3 is 0 Å². The minimum atomic E-state index is -0.321. The molecule has 0 atom stereocenters.